The molecular formula is C29H16Br2F8O8S2. The third kappa shape index (κ3) is 6.65. The van der Waals surface area contributed by atoms with Gasteiger partial charge in [0.25, 0.3) is 20.2 Å². The van der Waals surface area contributed by atoms with Gasteiger partial charge in [-0.25, -0.2) is 0 Å². The van der Waals surface area contributed by atoms with Crippen LogP contribution in [0.25, 0.3) is 11.1 Å². The second-order valence-corrected chi connectivity index (χ2v) is 15.2. The number of rotatable bonds is 10. The maximum absolute atomic E-state index is 14.0. The van der Waals surface area contributed by atoms with Gasteiger partial charge in [0.15, 0.2) is 0 Å². The maximum Gasteiger partial charge on any atom is 0.475 e. The van der Waals surface area contributed by atoms with Crippen LogP contribution in [-0.2, 0) is 25.7 Å². The molecule has 2 N–H and O–H groups in total. The van der Waals surface area contributed by atoms with Crippen molar-refractivity contribution in [3.63, 3.8) is 0 Å². The Morgan fingerprint density at radius 2 is 0.837 bits per heavy atom. The zero-order chi connectivity index (χ0) is 36.6. The molecule has 0 heterocycles. The van der Waals surface area contributed by atoms with Crippen LogP contribution in [0.4, 0.5) is 35.1 Å². The summed E-state index contributed by atoms with van der Waals surface area (Å²) < 4.78 is 187. The van der Waals surface area contributed by atoms with Crippen LogP contribution in [0, 0.1) is 0 Å². The lowest BCUT2D eigenvalue weighted by atomic mass is 9.67. The highest BCUT2D eigenvalue weighted by atomic mass is 79.9. The molecule has 4 aromatic rings. The van der Waals surface area contributed by atoms with Crippen LogP contribution in [0.15, 0.2) is 94.7 Å². The van der Waals surface area contributed by atoms with Crippen molar-refractivity contribution < 1.29 is 70.5 Å². The summed E-state index contributed by atoms with van der Waals surface area (Å²) in [5.41, 5.74) is -1.75. The summed E-state index contributed by atoms with van der Waals surface area (Å²) in [5, 5.41) is 0. The maximum atomic E-state index is 14.0. The first-order valence-corrected chi connectivity index (χ1v) is 17.5. The highest BCUT2D eigenvalue weighted by molar-refractivity contribution is 9.10. The van der Waals surface area contributed by atoms with Crippen molar-refractivity contribution in [2.45, 2.75) is 37.1 Å². The molecule has 0 saturated carbocycles. The zero-order valence-corrected chi connectivity index (χ0v) is 28.3. The highest BCUT2D eigenvalue weighted by Crippen LogP contribution is 2.57. The van der Waals surface area contributed by atoms with Gasteiger partial charge in [0.1, 0.15) is 11.5 Å². The topological polar surface area (TPSA) is 127 Å². The van der Waals surface area contributed by atoms with Gasteiger partial charge >= 0.3 is 21.9 Å². The molecule has 1 aliphatic carbocycles. The zero-order valence-electron chi connectivity index (χ0n) is 23.5. The van der Waals surface area contributed by atoms with Crippen LogP contribution >= 0.6 is 31.9 Å². The molecule has 0 bridgehead atoms. The largest absolute Gasteiger partial charge is 0.475 e. The molecule has 4 aromatic carbocycles. The Bertz CT molecular complexity index is 2000. The first-order chi connectivity index (χ1) is 22.3. The lowest BCUT2D eigenvalue weighted by Gasteiger charge is -2.34. The van der Waals surface area contributed by atoms with Crippen molar-refractivity contribution in [1.29, 1.82) is 0 Å². The quantitative estimate of drug-likeness (QED) is 0.0814. The molecule has 8 nitrogen and oxygen atoms in total. The van der Waals surface area contributed by atoms with Gasteiger partial charge in [0.05, 0.1) is 15.2 Å². The number of alkyl halides is 10. The highest BCUT2D eigenvalue weighted by Gasteiger charge is 2.59. The molecule has 49 heavy (non-hydrogen) atoms. The van der Waals surface area contributed by atoms with E-state index >= 15 is 0 Å². The number of fused-ring (bicyclic) bond motifs is 3. The lowest BCUT2D eigenvalue weighted by Crippen LogP contribution is -2.40. The Hall–Kier alpha value is -3.30. The van der Waals surface area contributed by atoms with Crippen LogP contribution in [0.2, 0.25) is 0 Å². The first-order valence-electron chi connectivity index (χ1n) is 13.0. The molecule has 0 amide bonds. The SMILES string of the molecule is O=S(=O)(O)c1ccc2c(c1)C(c1ccc(OC(F)(F)C(F)(F)Br)cc1)(c1ccc(OC(F)(F)C(F)(F)Br)cc1)c1cc(S(=O)(=O)O)ccc1-2. The average Bonchev–Trinajstić information content (AvgIpc) is 3.25. The second-order valence-electron chi connectivity index (χ2n) is 10.4. The molecule has 0 atom stereocenters. The molecule has 0 aliphatic heterocycles. The van der Waals surface area contributed by atoms with Gasteiger partial charge in [-0.2, -0.15) is 52.0 Å². The fraction of sp³-hybridized carbons (Fsp3) is 0.172. The Morgan fingerprint density at radius 3 is 1.10 bits per heavy atom. The monoisotopic (exact) mass is 866 g/mol. The van der Waals surface area contributed by atoms with Gasteiger partial charge < -0.3 is 9.47 Å². The van der Waals surface area contributed by atoms with Gasteiger partial charge in [-0.1, -0.05) is 36.4 Å². The predicted molar refractivity (Wildman–Crippen MR) is 162 cm³/mol. The minimum atomic E-state index is -5.06. The summed E-state index contributed by atoms with van der Waals surface area (Å²) in [7, 11) is -9.87. The Labute approximate surface area is 288 Å². The summed E-state index contributed by atoms with van der Waals surface area (Å²) in [5.74, 6) is -1.61. The third-order valence-corrected chi connectivity index (χ3v) is 10.0. The van der Waals surface area contributed by atoms with E-state index in [1.165, 1.54) is 44.0 Å². The molecule has 0 aromatic heterocycles. The molecule has 5 rings (SSSR count). The fourth-order valence-corrected chi connectivity index (χ4v) is 6.52. The average molecular weight is 868 g/mol. The van der Waals surface area contributed by atoms with Gasteiger partial charge in [-0.15, -0.1) is 0 Å². The van der Waals surface area contributed by atoms with E-state index in [-0.39, 0.29) is 33.4 Å². The van der Waals surface area contributed by atoms with Crippen LogP contribution in [0.3, 0.4) is 0 Å². The summed E-state index contributed by atoms with van der Waals surface area (Å²) in [6.45, 7) is 0. The van der Waals surface area contributed by atoms with Crippen molar-refractivity contribution in [2.75, 3.05) is 0 Å². The molecule has 0 unspecified atom stereocenters. The number of hydrogen-bond donors (Lipinski definition) is 2. The van der Waals surface area contributed by atoms with Crippen molar-refractivity contribution in [1.82, 2.24) is 0 Å². The Morgan fingerprint density at radius 1 is 0.531 bits per heavy atom. The van der Waals surface area contributed by atoms with Crippen molar-refractivity contribution in [3.8, 4) is 22.6 Å². The van der Waals surface area contributed by atoms with E-state index in [4.69, 9.17) is 0 Å². The minimum Gasteiger partial charge on any atom is -0.427 e. The minimum absolute atomic E-state index is 0.0397. The van der Waals surface area contributed by atoms with E-state index in [0.717, 1.165) is 72.8 Å². The number of hydrogen-bond acceptors (Lipinski definition) is 6. The third-order valence-electron chi connectivity index (χ3n) is 7.40. The smallest absolute Gasteiger partial charge is 0.427 e. The van der Waals surface area contributed by atoms with Crippen LogP contribution in [0.1, 0.15) is 22.3 Å². The lowest BCUT2D eigenvalue weighted by molar-refractivity contribution is -0.266. The predicted octanol–water partition coefficient (Wildman–Crippen LogP) is 8.46. The van der Waals surface area contributed by atoms with Crippen molar-refractivity contribution in [2.24, 2.45) is 0 Å². The molecule has 20 heteroatoms. The summed E-state index contributed by atoms with van der Waals surface area (Å²) in [6, 6.07) is 13.9. The summed E-state index contributed by atoms with van der Waals surface area (Å²) in [4.78, 5) is -11.0. The second kappa shape index (κ2) is 11.9. The van der Waals surface area contributed by atoms with E-state index in [9.17, 15) is 61.1 Å². The summed E-state index contributed by atoms with van der Waals surface area (Å²) >= 11 is 3.06. The van der Waals surface area contributed by atoms with Crippen LogP contribution in [0.5, 0.6) is 11.5 Å². The molecule has 0 radical (unpaired) electrons. The van der Waals surface area contributed by atoms with Gasteiger partial charge in [0, 0.05) is 31.9 Å². The fourth-order valence-electron chi connectivity index (χ4n) is 5.35. The summed E-state index contributed by atoms with van der Waals surface area (Å²) in [6.07, 6.45) is -10.1. The molecule has 0 spiro atoms. The normalized spacial score (nSPS) is 15.0. The Kier molecular flexibility index (Phi) is 8.98. The van der Waals surface area contributed by atoms with Gasteiger partial charge in [0.2, 0.25) is 0 Å². The van der Waals surface area contributed by atoms with E-state index < -0.39 is 68.8 Å². The molecule has 0 fully saturated rings. The van der Waals surface area contributed by atoms with Crippen LogP contribution < -0.4 is 9.47 Å². The van der Waals surface area contributed by atoms with Crippen molar-refractivity contribution in [3.05, 3.63) is 107 Å². The number of ether oxygens (including phenoxy) is 2. The van der Waals surface area contributed by atoms with E-state index in [1.807, 2.05) is 0 Å². The number of halogens is 10. The molecular weight excluding hydrogens is 852 g/mol. The van der Waals surface area contributed by atoms with Crippen LogP contribution in [-0.4, -0.2) is 47.8 Å². The molecule has 262 valence electrons. The van der Waals surface area contributed by atoms with E-state index in [2.05, 4.69) is 9.47 Å². The standard InChI is InChI=1S/C29H16Br2F8O8S2/c30-26(32,33)28(36,37)46-17-5-1-15(2-6-17)25(16-3-7-18(8-4-16)47-29(38,39)27(31,34)35)23-13-19(48(40,41)42)9-11-21(23)22-12-10-20(14-24(22)25)49(43,44)45/h1-14H,(H,40,41,42)(H,43,44,45). The van der Waals surface area contributed by atoms with E-state index in [0.29, 0.717) is 0 Å². The Balaban J connectivity index is 1.83. The van der Waals surface area contributed by atoms with Crippen molar-refractivity contribution >= 4 is 52.1 Å². The number of benzene rings is 4. The molecule has 1 aliphatic rings. The van der Waals surface area contributed by atoms with Gasteiger partial charge in [-0.05, 0) is 81.9 Å². The van der Waals surface area contributed by atoms with Gasteiger partial charge in [-0.3, -0.25) is 9.11 Å². The first kappa shape index (κ1) is 37.0. The van der Waals surface area contributed by atoms with E-state index in [1.54, 1.807) is 0 Å². The molecule has 0 saturated heterocycles.